The molecule has 0 aliphatic carbocycles. The number of phenols is 2. The van der Waals surface area contributed by atoms with Gasteiger partial charge in [-0.3, -0.25) is 0 Å². The average Bonchev–Trinajstić information content (AvgIpc) is 2.08. The Morgan fingerprint density at radius 3 is 0.857 bits per heavy atom. The van der Waals surface area contributed by atoms with Crippen LogP contribution in [0.1, 0.15) is 0 Å². The fraction of sp³-hybridized carbons (Fsp3) is 0. The normalized spacial score (nSPS) is 8.86. The maximum Gasteiger partial charge on any atom is 0.207 e. The monoisotopic (exact) mass is 218 g/mol. The first kappa shape index (κ1) is 15.0. The van der Waals surface area contributed by atoms with E-state index in [4.69, 9.17) is 10.2 Å². The molecule has 82 valence electrons. The Kier molecular flexibility index (Phi) is 4.94. The smallest absolute Gasteiger partial charge is 0.207 e. The van der Waals surface area contributed by atoms with Crippen LogP contribution in [-0.2, 0) is 0 Å². The molecule has 0 unspecified atom stereocenters. The SMILES string of the molecule is O.O.Oc1c(F)c(F)c(O)c(F)c1F. The molecule has 0 atom stereocenters. The Labute approximate surface area is 74.6 Å². The molecule has 0 spiro atoms. The molecular formula is C6H6F4O4. The molecule has 0 aromatic heterocycles. The highest BCUT2D eigenvalue weighted by Crippen LogP contribution is 2.32. The van der Waals surface area contributed by atoms with Crippen LogP contribution in [0.3, 0.4) is 0 Å². The fourth-order valence-electron chi connectivity index (χ4n) is 0.609. The molecule has 0 aliphatic heterocycles. The van der Waals surface area contributed by atoms with Crippen molar-refractivity contribution in [3.8, 4) is 11.5 Å². The zero-order valence-electron chi connectivity index (χ0n) is 6.41. The van der Waals surface area contributed by atoms with Crippen molar-refractivity contribution in [1.29, 1.82) is 0 Å². The number of phenolic OH excluding ortho intramolecular Hbond substituents is 2. The number of hydrogen-bond acceptors (Lipinski definition) is 2. The summed E-state index contributed by atoms with van der Waals surface area (Å²) in [5.74, 6) is -11.7. The van der Waals surface area contributed by atoms with Crippen molar-refractivity contribution in [2.24, 2.45) is 0 Å². The van der Waals surface area contributed by atoms with Crippen molar-refractivity contribution >= 4 is 0 Å². The van der Waals surface area contributed by atoms with Crippen LogP contribution in [0.2, 0.25) is 0 Å². The lowest BCUT2D eigenvalue weighted by molar-refractivity contribution is 0.319. The van der Waals surface area contributed by atoms with E-state index in [1.807, 2.05) is 0 Å². The average molecular weight is 218 g/mol. The predicted octanol–water partition coefficient (Wildman–Crippen LogP) is 0.00480. The number of halogens is 4. The van der Waals surface area contributed by atoms with Gasteiger partial charge in [-0.1, -0.05) is 0 Å². The zero-order valence-corrected chi connectivity index (χ0v) is 6.41. The van der Waals surface area contributed by atoms with E-state index < -0.39 is 34.8 Å². The molecule has 0 bridgehead atoms. The second-order valence-electron chi connectivity index (χ2n) is 1.95. The quantitative estimate of drug-likeness (QED) is 0.363. The minimum atomic E-state index is -2.02. The van der Waals surface area contributed by atoms with E-state index in [1.54, 1.807) is 0 Å². The van der Waals surface area contributed by atoms with Crippen LogP contribution in [0.5, 0.6) is 11.5 Å². The molecule has 0 aliphatic rings. The minimum Gasteiger partial charge on any atom is -0.503 e. The van der Waals surface area contributed by atoms with Gasteiger partial charge in [0.2, 0.25) is 23.3 Å². The molecule has 0 saturated heterocycles. The summed E-state index contributed by atoms with van der Waals surface area (Å²) in [6.07, 6.45) is 0. The van der Waals surface area contributed by atoms with Crippen molar-refractivity contribution < 1.29 is 38.7 Å². The van der Waals surface area contributed by atoms with Crippen LogP contribution >= 0.6 is 0 Å². The van der Waals surface area contributed by atoms with Gasteiger partial charge in [-0.15, -0.1) is 0 Å². The standard InChI is InChI=1S/C6H2F4O2.2H2O/c7-1-2(8)6(12)4(10)3(9)5(1)11;;/h11-12H;2*1H2. The Morgan fingerprint density at radius 1 is 0.571 bits per heavy atom. The topological polar surface area (TPSA) is 103 Å². The van der Waals surface area contributed by atoms with Gasteiger partial charge in [0.1, 0.15) is 0 Å². The minimum absolute atomic E-state index is 0. The molecule has 14 heavy (non-hydrogen) atoms. The lowest BCUT2D eigenvalue weighted by Crippen LogP contribution is -1.94. The summed E-state index contributed by atoms with van der Waals surface area (Å²) < 4.78 is 49.0. The van der Waals surface area contributed by atoms with E-state index in [1.165, 1.54) is 0 Å². The van der Waals surface area contributed by atoms with Gasteiger partial charge < -0.3 is 21.2 Å². The van der Waals surface area contributed by atoms with Crippen molar-refractivity contribution in [2.75, 3.05) is 0 Å². The van der Waals surface area contributed by atoms with Crippen LogP contribution in [0.15, 0.2) is 0 Å². The first-order valence-corrected chi connectivity index (χ1v) is 2.70. The lowest BCUT2D eigenvalue weighted by Gasteiger charge is -2.02. The lowest BCUT2D eigenvalue weighted by atomic mass is 10.2. The van der Waals surface area contributed by atoms with E-state index in [0.717, 1.165) is 0 Å². The number of benzene rings is 1. The van der Waals surface area contributed by atoms with Gasteiger partial charge in [0.25, 0.3) is 0 Å². The Hall–Kier alpha value is -1.54. The molecule has 0 fully saturated rings. The van der Waals surface area contributed by atoms with Gasteiger partial charge in [0.15, 0.2) is 11.5 Å². The van der Waals surface area contributed by atoms with Crippen LogP contribution in [0, 0.1) is 23.3 Å². The zero-order chi connectivity index (χ0) is 9.46. The molecule has 1 aromatic carbocycles. The summed E-state index contributed by atoms with van der Waals surface area (Å²) >= 11 is 0. The van der Waals surface area contributed by atoms with E-state index >= 15 is 0 Å². The second-order valence-corrected chi connectivity index (χ2v) is 1.95. The molecule has 6 N–H and O–H groups in total. The highest BCUT2D eigenvalue weighted by atomic mass is 19.2. The van der Waals surface area contributed by atoms with Crippen molar-refractivity contribution in [2.45, 2.75) is 0 Å². The second kappa shape index (κ2) is 4.63. The van der Waals surface area contributed by atoms with Crippen LogP contribution in [-0.4, -0.2) is 21.2 Å². The Bertz CT molecular complexity index is 236. The van der Waals surface area contributed by atoms with Crippen LogP contribution < -0.4 is 0 Å². The molecular weight excluding hydrogens is 212 g/mol. The first-order valence-electron chi connectivity index (χ1n) is 2.70. The maximum atomic E-state index is 12.2. The molecule has 0 heterocycles. The summed E-state index contributed by atoms with van der Waals surface area (Å²) in [4.78, 5) is 0. The van der Waals surface area contributed by atoms with Gasteiger partial charge in [0.05, 0.1) is 0 Å². The van der Waals surface area contributed by atoms with E-state index in [2.05, 4.69) is 0 Å². The molecule has 1 rings (SSSR count). The molecule has 0 saturated carbocycles. The summed E-state index contributed by atoms with van der Waals surface area (Å²) in [7, 11) is 0. The molecule has 0 radical (unpaired) electrons. The molecule has 1 aromatic rings. The number of aromatic hydroxyl groups is 2. The third kappa shape index (κ3) is 1.86. The third-order valence-corrected chi connectivity index (χ3v) is 1.22. The maximum absolute atomic E-state index is 12.2. The Morgan fingerprint density at radius 2 is 0.714 bits per heavy atom. The van der Waals surface area contributed by atoms with E-state index in [-0.39, 0.29) is 11.0 Å². The van der Waals surface area contributed by atoms with Crippen molar-refractivity contribution in [3.63, 3.8) is 0 Å². The Balaban J connectivity index is 0. The summed E-state index contributed by atoms with van der Waals surface area (Å²) in [5.41, 5.74) is 0. The third-order valence-electron chi connectivity index (χ3n) is 1.22. The molecule has 0 amide bonds. The van der Waals surface area contributed by atoms with Crippen molar-refractivity contribution in [1.82, 2.24) is 0 Å². The molecule has 4 nitrogen and oxygen atoms in total. The van der Waals surface area contributed by atoms with Gasteiger partial charge in [-0.05, 0) is 0 Å². The first-order chi connectivity index (χ1) is 5.46. The summed E-state index contributed by atoms with van der Waals surface area (Å²) in [6, 6.07) is 0. The van der Waals surface area contributed by atoms with Gasteiger partial charge in [-0.2, -0.15) is 17.6 Å². The fourth-order valence-corrected chi connectivity index (χ4v) is 0.609. The molecule has 8 heteroatoms. The van der Waals surface area contributed by atoms with Crippen LogP contribution in [0.4, 0.5) is 17.6 Å². The van der Waals surface area contributed by atoms with E-state index in [9.17, 15) is 17.6 Å². The largest absolute Gasteiger partial charge is 0.503 e. The predicted molar refractivity (Wildman–Crippen MR) is 36.8 cm³/mol. The summed E-state index contributed by atoms with van der Waals surface area (Å²) in [6.45, 7) is 0. The van der Waals surface area contributed by atoms with Gasteiger partial charge in [0, 0.05) is 0 Å². The van der Waals surface area contributed by atoms with Gasteiger partial charge in [-0.25, -0.2) is 0 Å². The van der Waals surface area contributed by atoms with Crippen LogP contribution in [0.25, 0.3) is 0 Å². The number of hydrogen-bond donors (Lipinski definition) is 2. The highest BCUT2D eigenvalue weighted by molar-refractivity contribution is 5.36. The summed E-state index contributed by atoms with van der Waals surface area (Å²) in [5, 5.41) is 16.7. The highest BCUT2D eigenvalue weighted by Gasteiger charge is 2.24. The van der Waals surface area contributed by atoms with Gasteiger partial charge >= 0.3 is 0 Å². The number of rotatable bonds is 0. The van der Waals surface area contributed by atoms with Crippen molar-refractivity contribution in [3.05, 3.63) is 23.3 Å². The van der Waals surface area contributed by atoms with E-state index in [0.29, 0.717) is 0 Å².